The minimum Gasteiger partial charge on any atom is -0.481 e. The maximum absolute atomic E-state index is 12.6. The number of rotatable bonds is 6. The topological polar surface area (TPSA) is 75.4 Å². The lowest BCUT2D eigenvalue weighted by molar-refractivity contribution is -0.137. The molecule has 0 saturated carbocycles. The molecule has 128 valence electrons. The van der Waals surface area contributed by atoms with Gasteiger partial charge in [-0.2, -0.15) is 5.10 Å². The fraction of sp³-hybridized carbons (Fsp3) is 0.389. The van der Waals surface area contributed by atoms with Gasteiger partial charge in [-0.15, -0.1) is 0 Å². The lowest BCUT2D eigenvalue weighted by Gasteiger charge is -2.26. The van der Waals surface area contributed by atoms with Gasteiger partial charge in [-0.3, -0.25) is 9.59 Å². The summed E-state index contributed by atoms with van der Waals surface area (Å²) < 4.78 is 1.83. The first-order valence-electron chi connectivity index (χ1n) is 7.96. The summed E-state index contributed by atoms with van der Waals surface area (Å²) in [5, 5.41) is 13.3. The second kappa shape index (κ2) is 7.29. The van der Waals surface area contributed by atoms with Crippen LogP contribution in [0.5, 0.6) is 0 Å². The van der Waals surface area contributed by atoms with Gasteiger partial charge in [0.25, 0.3) is 5.91 Å². The van der Waals surface area contributed by atoms with Crippen molar-refractivity contribution in [3.05, 3.63) is 47.3 Å². The lowest BCUT2D eigenvalue weighted by Crippen LogP contribution is -2.38. The molecule has 0 aliphatic carbocycles. The van der Waals surface area contributed by atoms with Crippen LogP contribution in [-0.2, 0) is 4.79 Å². The Kier molecular flexibility index (Phi) is 5.39. The van der Waals surface area contributed by atoms with Crippen molar-refractivity contribution in [1.29, 1.82) is 0 Å². The number of carboxylic acid groups (broad SMARTS) is 1. The molecule has 6 nitrogen and oxygen atoms in total. The van der Waals surface area contributed by atoms with Crippen molar-refractivity contribution in [2.45, 2.75) is 40.2 Å². The minimum absolute atomic E-state index is 0.0617. The smallest absolute Gasteiger partial charge is 0.305 e. The van der Waals surface area contributed by atoms with E-state index in [0.29, 0.717) is 5.56 Å². The molecule has 6 heteroatoms. The van der Waals surface area contributed by atoms with Gasteiger partial charge in [-0.1, -0.05) is 0 Å². The molecule has 0 radical (unpaired) electrons. The summed E-state index contributed by atoms with van der Waals surface area (Å²) in [4.78, 5) is 25.0. The summed E-state index contributed by atoms with van der Waals surface area (Å²) in [5.41, 5.74) is 3.39. The zero-order chi connectivity index (χ0) is 17.9. The monoisotopic (exact) mass is 329 g/mol. The van der Waals surface area contributed by atoms with E-state index in [2.05, 4.69) is 5.10 Å². The Morgan fingerprint density at radius 1 is 1.21 bits per heavy atom. The number of hydrogen-bond acceptors (Lipinski definition) is 3. The summed E-state index contributed by atoms with van der Waals surface area (Å²) >= 11 is 0. The molecule has 0 atom stereocenters. The van der Waals surface area contributed by atoms with Crippen molar-refractivity contribution in [3.63, 3.8) is 0 Å². The number of benzene rings is 1. The molecule has 0 bridgehead atoms. The van der Waals surface area contributed by atoms with Gasteiger partial charge in [0.15, 0.2) is 0 Å². The first-order chi connectivity index (χ1) is 11.3. The van der Waals surface area contributed by atoms with E-state index >= 15 is 0 Å². The second-order valence-corrected chi connectivity index (χ2v) is 6.12. The van der Waals surface area contributed by atoms with Crippen LogP contribution < -0.4 is 0 Å². The maximum atomic E-state index is 12.6. The lowest BCUT2D eigenvalue weighted by atomic mass is 10.1. The molecule has 24 heavy (non-hydrogen) atoms. The third kappa shape index (κ3) is 4.01. The van der Waals surface area contributed by atoms with Crippen LogP contribution in [0.15, 0.2) is 30.3 Å². The fourth-order valence-corrected chi connectivity index (χ4v) is 2.61. The van der Waals surface area contributed by atoms with Crippen molar-refractivity contribution < 1.29 is 14.7 Å². The molecule has 1 heterocycles. The Hall–Kier alpha value is -2.63. The number of carbonyl (C=O) groups is 2. The van der Waals surface area contributed by atoms with Gasteiger partial charge in [0, 0.05) is 23.8 Å². The van der Waals surface area contributed by atoms with E-state index in [-0.39, 0.29) is 24.9 Å². The predicted molar refractivity (Wildman–Crippen MR) is 91.5 cm³/mol. The molecular weight excluding hydrogens is 306 g/mol. The third-order valence-corrected chi connectivity index (χ3v) is 3.82. The van der Waals surface area contributed by atoms with Gasteiger partial charge >= 0.3 is 5.97 Å². The maximum Gasteiger partial charge on any atom is 0.305 e. The highest BCUT2D eigenvalue weighted by atomic mass is 16.4. The standard InChI is InChI=1S/C18H23N3O3/c1-12(2)20(10-9-17(22)23)18(24)15-5-7-16(8-6-15)21-14(4)11-13(3)19-21/h5-8,11-12H,9-10H2,1-4H3,(H,22,23). The van der Waals surface area contributed by atoms with Crippen LogP contribution in [0.1, 0.15) is 42.0 Å². The molecule has 2 rings (SSSR count). The number of carboxylic acids is 1. The van der Waals surface area contributed by atoms with E-state index in [0.717, 1.165) is 17.1 Å². The van der Waals surface area contributed by atoms with Crippen LogP contribution in [0.25, 0.3) is 5.69 Å². The number of aromatic nitrogens is 2. The zero-order valence-corrected chi connectivity index (χ0v) is 14.5. The summed E-state index contributed by atoms with van der Waals surface area (Å²) in [6.45, 7) is 7.87. The van der Waals surface area contributed by atoms with Gasteiger partial charge in [-0.25, -0.2) is 4.68 Å². The van der Waals surface area contributed by atoms with Gasteiger partial charge in [0.2, 0.25) is 0 Å². The van der Waals surface area contributed by atoms with Crippen LogP contribution in [0.2, 0.25) is 0 Å². The van der Waals surface area contributed by atoms with E-state index in [4.69, 9.17) is 5.11 Å². The SMILES string of the molecule is Cc1cc(C)n(-c2ccc(C(=O)N(CCC(=O)O)C(C)C)cc2)n1. The molecule has 0 unspecified atom stereocenters. The van der Waals surface area contributed by atoms with Crippen LogP contribution in [0, 0.1) is 13.8 Å². The van der Waals surface area contributed by atoms with Crippen LogP contribution >= 0.6 is 0 Å². The minimum atomic E-state index is -0.909. The highest BCUT2D eigenvalue weighted by Crippen LogP contribution is 2.15. The Labute approximate surface area is 141 Å². The van der Waals surface area contributed by atoms with Crippen molar-refractivity contribution in [3.8, 4) is 5.69 Å². The predicted octanol–water partition coefficient (Wildman–Crippen LogP) is 2.81. The molecule has 1 aromatic carbocycles. The fourth-order valence-electron chi connectivity index (χ4n) is 2.61. The van der Waals surface area contributed by atoms with Gasteiger partial charge in [-0.05, 0) is 58.0 Å². The molecule has 0 fully saturated rings. The van der Waals surface area contributed by atoms with Crippen molar-refractivity contribution in [2.75, 3.05) is 6.54 Å². The average molecular weight is 329 g/mol. The largest absolute Gasteiger partial charge is 0.481 e. The van der Waals surface area contributed by atoms with Crippen molar-refractivity contribution >= 4 is 11.9 Å². The molecule has 0 spiro atoms. The molecule has 0 aliphatic heterocycles. The first-order valence-corrected chi connectivity index (χ1v) is 7.96. The molecule has 1 N–H and O–H groups in total. The Morgan fingerprint density at radius 3 is 2.29 bits per heavy atom. The van der Waals surface area contributed by atoms with Crippen LogP contribution in [-0.4, -0.2) is 44.3 Å². The van der Waals surface area contributed by atoms with Crippen LogP contribution in [0.4, 0.5) is 0 Å². The molecule has 0 saturated heterocycles. The van der Waals surface area contributed by atoms with Crippen molar-refractivity contribution in [1.82, 2.24) is 14.7 Å². The highest BCUT2D eigenvalue weighted by Gasteiger charge is 2.19. The van der Waals surface area contributed by atoms with E-state index < -0.39 is 5.97 Å². The molecule has 2 aromatic rings. The summed E-state index contributed by atoms with van der Waals surface area (Å²) in [6.07, 6.45) is -0.0617. The Bertz CT molecular complexity index is 732. The van der Waals surface area contributed by atoms with Gasteiger partial charge in [0.05, 0.1) is 17.8 Å². The number of nitrogens with zero attached hydrogens (tertiary/aromatic N) is 3. The number of aliphatic carboxylic acids is 1. The normalized spacial score (nSPS) is 10.9. The first kappa shape index (κ1) is 17.7. The second-order valence-electron chi connectivity index (χ2n) is 6.12. The Morgan fingerprint density at radius 2 is 1.83 bits per heavy atom. The van der Waals surface area contributed by atoms with Gasteiger partial charge in [0.1, 0.15) is 0 Å². The molecular formula is C18H23N3O3. The number of carbonyl (C=O) groups excluding carboxylic acids is 1. The van der Waals surface area contributed by atoms with E-state index in [1.807, 2.05) is 50.6 Å². The van der Waals surface area contributed by atoms with Crippen molar-refractivity contribution in [2.24, 2.45) is 0 Å². The molecule has 0 aliphatic rings. The molecule has 1 aromatic heterocycles. The summed E-state index contributed by atoms with van der Waals surface area (Å²) in [6, 6.07) is 9.14. The highest BCUT2D eigenvalue weighted by molar-refractivity contribution is 5.94. The number of aryl methyl sites for hydroxylation is 2. The van der Waals surface area contributed by atoms with Gasteiger partial charge < -0.3 is 10.0 Å². The summed E-state index contributed by atoms with van der Waals surface area (Å²) in [7, 11) is 0. The zero-order valence-electron chi connectivity index (χ0n) is 14.5. The van der Waals surface area contributed by atoms with E-state index in [1.54, 1.807) is 17.0 Å². The quantitative estimate of drug-likeness (QED) is 0.884. The number of hydrogen-bond donors (Lipinski definition) is 1. The van der Waals surface area contributed by atoms with E-state index in [9.17, 15) is 9.59 Å². The average Bonchev–Trinajstić information content (AvgIpc) is 2.85. The number of amides is 1. The Balaban J connectivity index is 2.20. The molecule has 1 amide bonds. The summed E-state index contributed by atoms with van der Waals surface area (Å²) in [5.74, 6) is -1.07. The van der Waals surface area contributed by atoms with Crippen LogP contribution in [0.3, 0.4) is 0 Å². The van der Waals surface area contributed by atoms with E-state index in [1.165, 1.54) is 0 Å². The third-order valence-electron chi connectivity index (χ3n) is 3.82.